The number of esters is 1. The maximum absolute atomic E-state index is 12.4. The lowest BCUT2D eigenvalue weighted by atomic mass is 9.92. The summed E-state index contributed by atoms with van der Waals surface area (Å²) in [5, 5.41) is 2.48. The van der Waals surface area contributed by atoms with Crippen molar-refractivity contribution in [3.05, 3.63) is 23.8 Å². The molecule has 2 amide bonds. The molecule has 0 spiro atoms. The van der Waals surface area contributed by atoms with Crippen LogP contribution in [-0.2, 0) is 25.5 Å². The molecule has 7 heteroatoms. The fraction of sp³-hybridized carbons (Fsp3) is 0.625. The standard InChI is InChI=1S/C24H33N3O4/c1-24(2,3)31-22(29)15-16-9-12-26(13-10-16)18-5-4-6-19-17(18)11-14-27(19)20-7-8-21(28)25-23(20)30/h4-6,16,20H,7-15H2,1-3H3,(H,25,28,30)/t20-/m0/s1. The van der Waals surface area contributed by atoms with Gasteiger partial charge in [0.15, 0.2) is 0 Å². The average molecular weight is 428 g/mol. The number of fused-ring (bicyclic) bond motifs is 1. The zero-order valence-corrected chi connectivity index (χ0v) is 18.8. The molecular formula is C24H33N3O4. The highest BCUT2D eigenvalue weighted by Crippen LogP contribution is 2.39. The second-order valence-electron chi connectivity index (χ2n) is 9.91. The van der Waals surface area contributed by atoms with Gasteiger partial charge in [0.1, 0.15) is 11.6 Å². The van der Waals surface area contributed by atoms with Crippen LogP contribution in [0.3, 0.4) is 0 Å². The highest BCUT2D eigenvalue weighted by molar-refractivity contribution is 6.02. The van der Waals surface area contributed by atoms with Gasteiger partial charge in [0, 0.05) is 49.4 Å². The number of anilines is 2. The quantitative estimate of drug-likeness (QED) is 0.588. The van der Waals surface area contributed by atoms with Gasteiger partial charge in [0.25, 0.3) is 0 Å². The maximum atomic E-state index is 12.4. The minimum absolute atomic E-state index is 0.105. The summed E-state index contributed by atoms with van der Waals surface area (Å²) in [4.78, 5) is 40.6. The van der Waals surface area contributed by atoms with E-state index in [0.29, 0.717) is 25.2 Å². The van der Waals surface area contributed by atoms with Crippen molar-refractivity contribution in [3.8, 4) is 0 Å². The Kier molecular flexibility index (Phi) is 5.95. The van der Waals surface area contributed by atoms with Crippen LogP contribution in [0.4, 0.5) is 11.4 Å². The summed E-state index contributed by atoms with van der Waals surface area (Å²) in [5.74, 6) is -0.101. The van der Waals surface area contributed by atoms with Crippen molar-refractivity contribution in [1.82, 2.24) is 5.32 Å². The van der Waals surface area contributed by atoms with Gasteiger partial charge in [-0.1, -0.05) is 6.07 Å². The highest BCUT2D eigenvalue weighted by atomic mass is 16.6. The van der Waals surface area contributed by atoms with E-state index in [0.717, 1.165) is 44.6 Å². The molecule has 0 unspecified atom stereocenters. The summed E-state index contributed by atoms with van der Waals surface area (Å²) in [7, 11) is 0. The molecule has 0 aliphatic carbocycles. The number of piperidine rings is 2. The molecule has 31 heavy (non-hydrogen) atoms. The topological polar surface area (TPSA) is 79.0 Å². The number of imide groups is 1. The van der Waals surface area contributed by atoms with Gasteiger partial charge in [0.05, 0.1) is 0 Å². The summed E-state index contributed by atoms with van der Waals surface area (Å²) in [6.45, 7) is 8.35. The molecular weight excluding hydrogens is 394 g/mol. The van der Waals surface area contributed by atoms with Gasteiger partial charge in [-0.05, 0) is 64.5 Å². The minimum Gasteiger partial charge on any atom is -0.460 e. The number of hydrogen-bond donors (Lipinski definition) is 1. The Labute approximate surface area is 184 Å². The number of amides is 2. The van der Waals surface area contributed by atoms with Crippen LogP contribution in [0.5, 0.6) is 0 Å². The summed E-state index contributed by atoms with van der Waals surface area (Å²) in [6, 6.07) is 6.05. The first kappa shape index (κ1) is 21.7. The zero-order chi connectivity index (χ0) is 22.2. The molecule has 2 fully saturated rings. The third-order valence-electron chi connectivity index (χ3n) is 6.46. The van der Waals surface area contributed by atoms with Crippen molar-refractivity contribution in [1.29, 1.82) is 0 Å². The molecule has 1 N–H and O–H groups in total. The van der Waals surface area contributed by atoms with Crippen LogP contribution in [0.15, 0.2) is 18.2 Å². The third-order valence-corrected chi connectivity index (χ3v) is 6.46. The van der Waals surface area contributed by atoms with E-state index in [1.165, 1.54) is 11.3 Å². The molecule has 3 aliphatic rings. The second-order valence-corrected chi connectivity index (χ2v) is 9.91. The SMILES string of the molecule is CC(C)(C)OC(=O)CC1CCN(c2cccc3c2CCN3[C@H]2CCC(=O)NC2=O)CC1. The van der Waals surface area contributed by atoms with Crippen molar-refractivity contribution >= 4 is 29.2 Å². The second kappa shape index (κ2) is 8.52. The van der Waals surface area contributed by atoms with E-state index in [2.05, 4.69) is 33.3 Å². The summed E-state index contributed by atoms with van der Waals surface area (Å²) < 4.78 is 5.49. The van der Waals surface area contributed by atoms with E-state index < -0.39 is 5.60 Å². The van der Waals surface area contributed by atoms with Crippen LogP contribution >= 0.6 is 0 Å². The van der Waals surface area contributed by atoms with E-state index in [4.69, 9.17) is 4.74 Å². The van der Waals surface area contributed by atoms with Crippen LogP contribution in [0.25, 0.3) is 0 Å². The first-order valence-corrected chi connectivity index (χ1v) is 11.4. The lowest BCUT2D eigenvalue weighted by molar-refractivity contribution is -0.156. The Bertz CT molecular complexity index is 868. The molecule has 168 valence electrons. The highest BCUT2D eigenvalue weighted by Gasteiger charge is 2.36. The smallest absolute Gasteiger partial charge is 0.306 e. The van der Waals surface area contributed by atoms with Gasteiger partial charge in [-0.15, -0.1) is 0 Å². The minimum atomic E-state index is -0.434. The molecule has 1 aromatic carbocycles. The van der Waals surface area contributed by atoms with Gasteiger partial charge < -0.3 is 14.5 Å². The predicted molar refractivity (Wildman–Crippen MR) is 119 cm³/mol. The van der Waals surface area contributed by atoms with E-state index in [1.54, 1.807) is 0 Å². The third kappa shape index (κ3) is 4.86. The van der Waals surface area contributed by atoms with Crippen LogP contribution in [0.2, 0.25) is 0 Å². The first-order chi connectivity index (χ1) is 14.7. The fourth-order valence-corrected chi connectivity index (χ4v) is 5.04. The largest absolute Gasteiger partial charge is 0.460 e. The average Bonchev–Trinajstić information content (AvgIpc) is 3.11. The number of benzene rings is 1. The van der Waals surface area contributed by atoms with Crippen molar-refractivity contribution in [3.63, 3.8) is 0 Å². The molecule has 4 rings (SSSR count). The lowest BCUT2D eigenvalue weighted by Crippen LogP contribution is -2.52. The number of carbonyl (C=O) groups is 3. The lowest BCUT2D eigenvalue weighted by Gasteiger charge is -2.35. The number of carbonyl (C=O) groups excluding carboxylic acids is 3. The Morgan fingerprint density at radius 2 is 1.77 bits per heavy atom. The summed E-state index contributed by atoms with van der Waals surface area (Å²) >= 11 is 0. The monoisotopic (exact) mass is 427 g/mol. The van der Waals surface area contributed by atoms with Gasteiger partial charge >= 0.3 is 5.97 Å². The molecule has 0 bridgehead atoms. The number of rotatable bonds is 4. The van der Waals surface area contributed by atoms with Crippen LogP contribution in [0.1, 0.15) is 58.4 Å². The Balaban J connectivity index is 1.40. The van der Waals surface area contributed by atoms with Crippen molar-refractivity contribution in [2.45, 2.75) is 70.9 Å². The molecule has 2 saturated heterocycles. The molecule has 0 aromatic heterocycles. The normalized spacial score (nSPS) is 22.4. The van der Waals surface area contributed by atoms with Gasteiger partial charge in [-0.3, -0.25) is 19.7 Å². The number of nitrogens with one attached hydrogen (secondary N) is 1. The molecule has 0 saturated carbocycles. The summed E-state index contributed by atoms with van der Waals surface area (Å²) in [5.41, 5.74) is 3.21. The van der Waals surface area contributed by atoms with Gasteiger partial charge in [-0.25, -0.2) is 0 Å². The first-order valence-electron chi connectivity index (χ1n) is 11.4. The Morgan fingerprint density at radius 1 is 1.06 bits per heavy atom. The van der Waals surface area contributed by atoms with E-state index in [9.17, 15) is 14.4 Å². The molecule has 1 aromatic rings. The van der Waals surface area contributed by atoms with E-state index in [1.807, 2.05) is 20.8 Å². The predicted octanol–water partition coefficient (Wildman–Crippen LogP) is 2.80. The molecule has 0 radical (unpaired) electrons. The Morgan fingerprint density at radius 3 is 2.45 bits per heavy atom. The molecule has 3 aliphatic heterocycles. The number of ether oxygens (including phenoxy) is 1. The Hall–Kier alpha value is -2.57. The van der Waals surface area contributed by atoms with Crippen LogP contribution in [0, 0.1) is 5.92 Å². The van der Waals surface area contributed by atoms with E-state index >= 15 is 0 Å². The number of hydrogen-bond acceptors (Lipinski definition) is 6. The van der Waals surface area contributed by atoms with Gasteiger partial charge in [0.2, 0.25) is 11.8 Å². The summed E-state index contributed by atoms with van der Waals surface area (Å²) in [6.07, 6.45) is 4.30. The van der Waals surface area contributed by atoms with Crippen LogP contribution < -0.4 is 15.1 Å². The zero-order valence-electron chi connectivity index (χ0n) is 18.8. The van der Waals surface area contributed by atoms with Crippen LogP contribution in [-0.4, -0.2) is 49.1 Å². The molecule has 7 nitrogen and oxygen atoms in total. The van der Waals surface area contributed by atoms with E-state index in [-0.39, 0.29) is 23.8 Å². The van der Waals surface area contributed by atoms with Gasteiger partial charge in [-0.2, -0.15) is 0 Å². The molecule has 1 atom stereocenters. The number of nitrogens with zero attached hydrogens (tertiary/aromatic N) is 2. The van der Waals surface area contributed by atoms with Crippen molar-refractivity contribution in [2.75, 3.05) is 29.4 Å². The fourth-order valence-electron chi connectivity index (χ4n) is 5.04. The maximum Gasteiger partial charge on any atom is 0.306 e. The van der Waals surface area contributed by atoms with Crippen molar-refractivity contribution < 1.29 is 19.1 Å². The van der Waals surface area contributed by atoms with Crippen molar-refractivity contribution in [2.24, 2.45) is 5.92 Å². The molecule has 3 heterocycles.